The van der Waals surface area contributed by atoms with Crippen molar-refractivity contribution < 1.29 is 24.2 Å². The summed E-state index contributed by atoms with van der Waals surface area (Å²) in [6, 6.07) is 15.7. The molecule has 2 aliphatic carbocycles. The van der Waals surface area contributed by atoms with E-state index in [1.54, 1.807) is 11.8 Å². The number of amides is 2. The van der Waals surface area contributed by atoms with Crippen molar-refractivity contribution in [3.8, 4) is 11.1 Å². The van der Waals surface area contributed by atoms with Crippen LogP contribution >= 0.6 is 0 Å². The lowest BCUT2D eigenvalue weighted by molar-refractivity contribution is -0.153. The molecule has 0 aromatic heterocycles. The van der Waals surface area contributed by atoms with Crippen LogP contribution in [0.5, 0.6) is 0 Å². The van der Waals surface area contributed by atoms with E-state index in [-0.39, 0.29) is 24.3 Å². The zero-order valence-electron chi connectivity index (χ0n) is 20.0. The molecule has 1 atom stereocenters. The van der Waals surface area contributed by atoms with E-state index >= 15 is 0 Å². The first-order valence-corrected chi connectivity index (χ1v) is 12.5. The van der Waals surface area contributed by atoms with Crippen molar-refractivity contribution in [3.63, 3.8) is 0 Å². The van der Waals surface area contributed by atoms with E-state index in [4.69, 9.17) is 4.74 Å². The average molecular weight is 477 g/mol. The third kappa shape index (κ3) is 4.40. The Hall–Kier alpha value is -3.35. The van der Waals surface area contributed by atoms with E-state index in [2.05, 4.69) is 29.6 Å². The number of likely N-dealkylation sites (tertiary alicyclic amines) is 1. The molecule has 0 bridgehead atoms. The monoisotopic (exact) mass is 476 g/mol. The van der Waals surface area contributed by atoms with Gasteiger partial charge in [0.15, 0.2) is 0 Å². The van der Waals surface area contributed by atoms with Crippen LogP contribution in [0.15, 0.2) is 48.5 Å². The normalized spacial score (nSPS) is 19.7. The van der Waals surface area contributed by atoms with Crippen LogP contribution in [0, 0.1) is 11.3 Å². The van der Waals surface area contributed by atoms with Crippen LogP contribution in [0.3, 0.4) is 0 Å². The first-order chi connectivity index (χ1) is 16.9. The van der Waals surface area contributed by atoms with Crippen molar-refractivity contribution in [2.45, 2.75) is 51.0 Å². The maximum Gasteiger partial charge on any atom is 0.407 e. The van der Waals surface area contributed by atoms with Crippen molar-refractivity contribution in [1.82, 2.24) is 10.2 Å². The molecule has 184 valence electrons. The molecule has 3 aliphatic rings. The lowest BCUT2D eigenvalue weighted by atomic mass is 9.77. The summed E-state index contributed by atoms with van der Waals surface area (Å²) in [7, 11) is 0. The number of benzene rings is 2. The molecule has 1 saturated heterocycles. The molecule has 35 heavy (non-hydrogen) atoms. The lowest BCUT2D eigenvalue weighted by Gasteiger charge is -2.40. The van der Waals surface area contributed by atoms with Crippen molar-refractivity contribution in [2.75, 3.05) is 19.7 Å². The Morgan fingerprint density at radius 3 is 2.11 bits per heavy atom. The first kappa shape index (κ1) is 23.4. The summed E-state index contributed by atoms with van der Waals surface area (Å²) in [5.41, 5.74) is 3.81. The second kappa shape index (κ2) is 9.36. The van der Waals surface area contributed by atoms with Crippen LogP contribution in [-0.2, 0) is 14.3 Å². The fourth-order valence-electron chi connectivity index (χ4n) is 5.55. The smallest absolute Gasteiger partial charge is 0.407 e. The molecule has 0 spiro atoms. The van der Waals surface area contributed by atoms with Gasteiger partial charge in [0.2, 0.25) is 5.91 Å². The quantitative estimate of drug-likeness (QED) is 0.644. The Bertz CT molecular complexity index is 1090. The van der Waals surface area contributed by atoms with Gasteiger partial charge in [0.1, 0.15) is 12.6 Å². The Balaban J connectivity index is 1.23. The van der Waals surface area contributed by atoms with E-state index in [0.717, 1.165) is 41.5 Å². The van der Waals surface area contributed by atoms with Crippen LogP contribution in [-0.4, -0.2) is 53.7 Å². The van der Waals surface area contributed by atoms with Gasteiger partial charge in [0.05, 0.1) is 5.41 Å². The van der Waals surface area contributed by atoms with Gasteiger partial charge < -0.3 is 20.1 Å². The van der Waals surface area contributed by atoms with Gasteiger partial charge in [0.25, 0.3) is 0 Å². The molecular formula is C28H32N2O5. The van der Waals surface area contributed by atoms with Crippen LogP contribution < -0.4 is 5.32 Å². The number of carboxylic acids is 1. The minimum Gasteiger partial charge on any atom is -0.481 e. The maximum absolute atomic E-state index is 13.3. The molecule has 1 heterocycles. The molecule has 2 N–H and O–H groups in total. The molecule has 2 aromatic carbocycles. The van der Waals surface area contributed by atoms with Crippen molar-refractivity contribution in [1.29, 1.82) is 0 Å². The zero-order valence-corrected chi connectivity index (χ0v) is 20.0. The Labute approximate surface area is 205 Å². The standard InChI is InChI=1S/C28H32N2O5/c1-28(26(32)33)13-15-30(16-14-28)25(31)24(18-7-6-8-18)29-27(34)35-17-23-21-11-4-2-9-19(21)20-10-3-5-12-22(20)23/h2-5,9-12,18,23-24H,6-8,13-17H2,1H3,(H,29,34)(H,32,33). The van der Waals surface area contributed by atoms with Crippen molar-refractivity contribution in [3.05, 3.63) is 59.7 Å². The van der Waals surface area contributed by atoms with Gasteiger partial charge in [-0.25, -0.2) is 4.79 Å². The predicted molar refractivity (Wildman–Crippen MR) is 131 cm³/mol. The van der Waals surface area contributed by atoms with E-state index in [1.165, 1.54) is 0 Å². The van der Waals surface area contributed by atoms with Crippen LogP contribution in [0.2, 0.25) is 0 Å². The van der Waals surface area contributed by atoms with Gasteiger partial charge in [-0.05, 0) is 60.8 Å². The SMILES string of the molecule is CC1(C(=O)O)CCN(C(=O)C(NC(=O)OCC2c3ccccc3-c3ccccc32)C2CCC2)CC1. The van der Waals surface area contributed by atoms with Crippen LogP contribution in [0.1, 0.15) is 56.1 Å². The highest BCUT2D eigenvalue weighted by Crippen LogP contribution is 2.44. The van der Waals surface area contributed by atoms with E-state index in [9.17, 15) is 19.5 Å². The number of hydrogen-bond acceptors (Lipinski definition) is 4. The topological polar surface area (TPSA) is 95.9 Å². The minimum atomic E-state index is -0.822. The molecule has 2 amide bonds. The summed E-state index contributed by atoms with van der Waals surface area (Å²) < 4.78 is 5.69. The van der Waals surface area contributed by atoms with Gasteiger partial charge in [-0.1, -0.05) is 55.0 Å². The van der Waals surface area contributed by atoms with Gasteiger partial charge in [-0.2, -0.15) is 0 Å². The molecule has 2 aromatic rings. The molecule has 2 fully saturated rings. The number of piperidine rings is 1. The molecule has 0 radical (unpaired) electrons. The Kier molecular flexibility index (Phi) is 6.26. The second-order valence-electron chi connectivity index (χ2n) is 10.3. The maximum atomic E-state index is 13.3. The number of rotatable bonds is 6. The van der Waals surface area contributed by atoms with E-state index in [0.29, 0.717) is 25.9 Å². The number of hydrogen-bond donors (Lipinski definition) is 2. The number of carbonyl (C=O) groups excluding carboxylic acids is 2. The number of carbonyl (C=O) groups is 3. The minimum absolute atomic E-state index is 0.0400. The summed E-state index contributed by atoms with van der Waals surface area (Å²) >= 11 is 0. The third-order valence-corrected chi connectivity index (χ3v) is 8.20. The Morgan fingerprint density at radius 1 is 1.03 bits per heavy atom. The van der Waals surface area contributed by atoms with Gasteiger partial charge in [-0.3, -0.25) is 9.59 Å². The largest absolute Gasteiger partial charge is 0.481 e. The van der Waals surface area contributed by atoms with Crippen LogP contribution in [0.4, 0.5) is 4.79 Å². The second-order valence-corrected chi connectivity index (χ2v) is 10.3. The molecule has 5 rings (SSSR count). The lowest BCUT2D eigenvalue weighted by Crippen LogP contribution is -2.56. The average Bonchev–Trinajstić information content (AvgIpc) is 3.15. The number of nitrogens with zero attached hydrogens (tertiary/aromatic N) is 1. The fraction of sp³-hybridized carbons (Fsp3) is 0.464. The van der Waals surface area contributed by atoms with Gasteiger partial charge >= 0.3 is 12.1 Å². The first-order valence-electron chi connectivity index (χ1n) is 12.5. The highest BCUT2D eigenvalue weighted by atomic mass is 16.5. The molecular weight excluding hydrogens is 444 g/mol. The molecule has 7 nitrogen and oxygen atoms in total. The summed E-state index contributed by atoms with van der Waals surface area (Å²) in [5.74, 6) is -0.898. The van der Waals surface area contributed by atoms with Gasteiger partial charge in [0, 0.05) is 19.0 Å². The highest BCUT2D eigenvalue weighted by Gasteiger charge is 2.42. The van der Waals surface area contributed by atoms with Gasteiger partial charge in [-0.15, -0.1) is 0 Å². The number of ether oxygens (including phenoxy) is 1. The van der Waals surface area contributed by atoms with Crippen molar-refractivity contribution >= 4 is 18.0 Å². The Morgan fingerprint density at radius 2 is 1.60 bits per heavy atom. The number of alkyl carbamates (subject to hydrolysis) is 1. The third-order valence-electron chi connectivity index (χ3n) is 8.20. The predicted octanol–water partition coefficient (Wildman–Crippen LogP) is 4.41. The molecule has 1 unspecified atom stereocenters. The zero-order chi connectivity index (χ0) is 24.6. The number of nitrogens with one attached hydrogen (secondary N) is 1. The highest BCUT2D eigenvalue weighted by molar-refractivity contribution is 5.87. The van der Waals surface area contributed by atoms with Crippen molar-refractivity contribution in [2.24, 2.45) is 11.3 Å². The van der Waals surface area contributed by atoms with E-state index < -0.39 is 23.5 Å². The molecule has 7 heteroatoms. The fourth-order valence-corrected chi connectivity index (χ4v) is 5.55. The number of carboxylic acid groups (broad SMARTS) is 1. The number of fused-ring (bicyclic) bond motifs is 3. The summed E-state index contributed by atoms with van der Waals surface area (Å²) in [5, 5.41) is 12.3. The molecule has 1 aliphatic heterocycles. The molecule has 1 saturated carbocycles. The number of aliphatic carboxylic acids is 1. The van der Waals surface area contributed by atoms with E-state index in [1.807, 2.05) is 24.3 Å². The summed E-state index contributed by atoms with van der Waals surface area (Å²) in [4.78, 5) is 39.5. The van der Waals surface area contributed by atoms with Crippen LogP contribution in [0.25, 0.3) is 11.1 Å². The summed E-state index contributed by atoms with van der Waals surface area (Å²) in [6.45, 7) is 2.70. The summed E-state index contributed by atoms with van der Waals surface area (Å²) in [6.07, 6.45) is 3.07.